The highest BCUT2D eigenvalue weighted by atomic mass is 32.2. The smallest absolute Gasteiger partial charge is 0.225 e. The Labute approximate surface area is 165 Å². The van der Waals surface area contributed by atoms with Crippen LogP contribution in [0.2, 0.25) is 0 Å². The molecule has 2 aromatic carbocycles. The summed E-state index contributed by atoms with van der Waals surface area (Å²) in [5.41, 5.74) is 3.20. The number of anilines is 2. The van der Waals surface area contributed by atoms with Gasteiger partial charge in [0.05, 0.1) is 10.6 Å². The number of carbonyl (C=O) groups is 2. The number of aryl methyl sites for hydroxylation is 1. The van der Waals surface area contributed by atoms with Gasteiger partial charge in [-0.3, -0.25) is 9.59 Å². The SMILES string of the molecule is CC(=O)N1c2ccc(S(=O)(=O)CCC(=O)Nc3ccccc3C)cc2CC1C. The van der Waals surface area contributed by atoms with Crippen molar-refractivity contribution in [3.8, 4) is 0 Å². The monoisotopic (exact) mass is 400 g/mol. The molecule has 1 N–H and O–H groups in total. The van der Waals surface area contributed by atoms with Crippen LogP contribution in [0.25, 0.3) is 0 Å². The largest absolute Gasteiger partial charge is 0.326 e. The minimum atomic E-state index is -3.60. The lowest BCUT2D eigenvalue weighted by atomic mass is 10.1. The summed E-state index contributed by atoms with van der Waals surface area (Å²) in [5, 5.41) is 2.75. The molecule has 3 rings (SSSR count). The molecule has 7 heteroatoms. The maximum Gasteiger partial charge on any atom is 0.225 e. The first-order valence-electron chi connectivity index (χ1n) is 9.20. The Morgan fingerprint density at radius 1 is 1.18 bits per heavy atom. The topological polar surface area (TPSA) is 83.6 Å². The molecular weight excluding hydrogens is 376 g/mol. The molecular formula is C21H24N2O4S. The van der Waals surface area contributed by atoms with Crippen LogP contribution in [0, 0.1) is 6.92 Å². The van der Waals surface area contributed by atoms with Gasteiger partial charge in [0.2, 0.25) is 11.8 Å². The molecule has 1 heterocycles. The molecule has 28 heavy (non-hydrogen) atoms. The summed E-state index contributed by atoms with van der Waals surface area (Å²) in [6.45, 7) is 5.32. The third-order valence-electron chi connectivity index (χ3n) is 4.98. The van der Waals surface area contributed by atoms with Gasteiger partial charge in [-0.05, 0) is 55.7 Å². The van der Waals surface area contributed by atoms with Crippen LogP contribution in [0.15, 0.2) is 47.4 Å². The summed E-state index contributed by atoms with van der Waals surface area (Å²) in [6.07, 6.45) is 0.496. The van der Waals surface area contributed by atoms with Crippen molar-refractivity contribution in [2.75, 3.05) is 16.0 Å². The van der Waals surface area contributed by atoms with Crippen molar-refractivity contribution in [2.45, 2.75) is 44.6 Å². The fraction of sp³-hybridized carbons (Fsp3) is 0.333. The molecule has 0 radical (unpaired) electrons. The first kappa shape index (κ1) is 20.1. The number of carbonyl (C=O) groups excluding carboxylic acids is 2. The maximum atomic E-state index is 12.7. The average molecular weight is 401 g/mol. The molecule has 1 aliphatic rings. The first-order valence-corrected chi connectivity index (χ1v) is 10.9. The van der Waals surface area contributed by atoms with Gasteiger partial charge < -0.3 is 10.2 Å². The van der Waals surface area contributed by atoms with Gasteiger partial charge in [-0.1, -0.05) is 18.2 Å². The minimum Gasteiger partial charge on any atom is -0.326 e. The van der Waals surface area contributed by atoms with E-state index in [1.165, 1.54) is 13.0 Å². The number of para-hydroxylation sites is 1. The van der Waals surface area contributed by atoms with E-state index >= 15 is 0 Å². The van der Waals surface area contributed by atoms with E-state index < -0.39 is 9.84 Å². The Morgan fingerprint density at radius 3 is 2.57 bits per heavy atom. The predicted octanol–water partition coefficient (Wildman–Crippen LogP) is 3.10. The van der Waals surface area contributed by atoms with E-state index in [1.807, 2.05) is 32.0 Å². The Morgan fingerprint density at radius 2 is 1.89 bits per heavy atom. The molecule has 0 saturated heterocycles. The quantitative estimate of drug-likeness (QED) is 0.836. The van der Waals surface area contributed by atoms with Crippen LogP contribution >= 0.6 is 0 Å². The van der Waals surface area contributed by atoms with Gasteiger partial charge in [0.25, 0.3) is 0 Å². The van der Waals surface area contributed by atoms with Crippen LogP contribution in [0.1, 0.15) is 31.4 Å². The fourth-order valence-corrected chi connectivity index (χ4v) is 4.84. The van der Waals surface area contributed by atoms with Gasteiger partial charge >= 0.3 is 0 Å². The van der Waals surface area contributed by atoms with Crippen LogP contribution in [0.5, 0.6) is 0 Å². The molecule has 0 spiro atoms. The number of fused-ring (bicyclic) bond motifs is 1. The van der Waals surface area contributed by atoms with Crippen LogP contribution in [0.3, 0.4) is 0 Å². The van der Waals surface area contributed by atoms with E-state index in [9.17, 15) is 18.0 Å². The maximum absolute atomic E-state index is 12.7. The van der Waals surface area contributed by atoms with Crippen LogP contribution in [-0.2, 0) is 25.8 Å². The molecule has 6 nitrogen and oxygen atoms in total. The lowest BCUT2D eigenvalue weighted by Gasteiger charge is -2.20. The van der Waals surface area contributed by atoms with Crippen molar-refractivity contribution in [1.29, 1.82) is 0 Å². The summed E-state index contributed by atoms with van der Waals surface area (Å²) >= 11 is 0. The number of sulfone groups is 1. The van der Waals surface area contributed by atoms with Crippen molar-refractivity contribution in [1.82, 2.24) is 0 Å². The van der Waals surface area contributed by atoms with Crippen molar-refractivity contribution in [3.05, 3.63) is 53.6 Å². The Kier molecular flexibility index (Phi) is 5.56. The van der Waals surface area contributed by atoms with Crippen molar-refractivity contribution < 1.29 is 18.0 Å². The van der Waals surface area contributed by atoms with Crippen LogP contribution in [-0.4, -0.2) is 32.0 Å². The van der Waals surface area contributed by atoms with Crippen molar-refractivity contribution in [3.63, 3.8) is 0 Å². The van der Waals surface area contributed by atoms with Crippen molar-refractivity contribution in [2.24, 2.45) is 0 Å². The number of hydrogen-bond acceptors (Lipinski definition) is 4. The molecule has 1 atom stereocenters. The predicted molar refractivity (Wildman–Crippen MR) is 109 cm³/mol. The zero-order valence-electron chi connectivity index (χ0n) is 16.2. The normalized spacial score (nSPS) is 16.0. The fourth-order valence-electron chi connectivity index (χ4n) is 3.55. The van der Waals surface area contributed by atoms with E-state index in [1.54, 1.807) is 23.1 Å². The number of rotatable bonds is 5. The molecule has 0 bridgehead atoms. The number of amides is 2. The Hall–Kier alpha value is -2.67. The van der Waals surface area contributed by atoms with Crippen LogP contribution in [0.4, 0.5) is 11.4 Å². The van der Waals surface area contributed by atoms with E-state index in [0.717, 1.165) is 16.8 Å². The van der Waals surface area contributed by atoms with E-state index in [-0.39, 0.29) is 34.9 Å². The Balaban J connectivity index is 1.70. The molecule has 148 valence electrons. The Bertz CT molecular complexity index is 1030. The molecule has 1 unspecified atom stereocenters. The summed E-state index contributed by atoms with van der Waals surface area (Å²) in [7, 11) is -3.60. The zero-order valence-corrected chi connectivity index (χ0v) is 17.0. The molecule has 2 aromatic rings. The zero-order chi connectivity index (χ0) is 20.5. The second kappa shape index (κ2) is 7.75. The molecule has 0 aliphatic carbocycles. The molecule has 0 saturated carbocycles. The second-order valence-electron chi connectivity index (χ2n) is 7.16. The van der Waals surface area contributed by atoms with Gasteiger partial charge in [-0.15, -0.1) is 0 Å². The lowest BCUT2D eigenvalue weighted by Crippen LogP contribution is -2.33. The summed E-state index contributed by atoms with van der Waals surface area (Å²) in [4.78, 5) is 25.9. The van der Waals surface area contributed by atoms with Gasteiger partial charge in [0, 0.05) is 30.8 Å². The summed E-state index contributed by atoms with van der Waals surface area (Å²) in [6, 6.07) is 12.2. The molecule has 0 fully saturated rings. The number of benzene rings is 2. The first-order chi connectivity index (χ1) is 13.2. The highest BCUT2D eigenvalue weighted by Crippen LogP contribution is 2.34. The highest BCUT2D eigenvalue weighted by Gasteiger charge is 2.30. The number of nitrogens with one attached hydrogen (secondary N) is 1. The number of hydrogen-bond donors (Lipinski definition) is 1. The average Bonchev–Trinajstić information content (AvgIpc) is 2.97. The van der Waals surface area contributed by atoms with Gasteiger partial charge in [-0.2, -0.15) is 0 Å². The van der Waals surface area contributed by atoms with Crippen LogP contribution < -0.4 is 10.2 Å². The standard InChI is InChI=1S/C21H24N2O4S/c1-14-6-4-5-7-19(14)22-21(25)10-11-28(26,27)18-8-9-20-17(13-18)12-15(2)23(20)16(3)24/h4-9,13,15H,10-12H2,1-3H3,(H,22,25). The molecule has 1 aliphatic heterocycles. The number of nitrogens with zero attached hydrogens (tertiary/aromatic N) is 1. The molecule has 0 aromatic heterocycles. The van der Waals surface area contributed by atoms with E-state index in [4.69, 9.17) is 0 Å². The third-order valence-corrected chi connectivity index (χ3v) is 6.70. The van der Waals surface area contributed by atoms with Gasteiger partial charge in [-0.25, -0.2) is 8.42 Å². The van der Waals surface area contributed by atoms with Crippen molar-refractivity contribution >= 4 is 33.0 Å². The van der Waals surface area contributed by atoms with E-state index in [2.05, 4.69) is 5.32 Å². The highest BCUT2D eigenvalue weighted by molar-refractivity contribution is 7.91. The summed E-state index contributed by atoms with van der Waals surface area (Å²) in [5.74, 6) is -0.666. The summed E-state index contributed by atoms with van der Waals surface area (Å²) < 4.78 is 25.4. The van der Waals surface area contributed by atoms with E-state index in [0.29, 0.717) is 12.1 Å². The molecule has 2 amide bonds. The van der Waals surface area contributed by atoms with Gasteiger partial charge in [0.15, 0.2) is 9.84 Å². The second-order valence-corrected chi connectivity index (χ2v) is 9.27. The third kappa shape index (κ3) is 4.09. The van der Waals surface area contributed by atoms with Gasteiger partial charge in [0.1, 0.15) is 0 Å². The lowest BCUT2D eigenvalue weighted by molar-refractivity contribution is -0.117. The minimum absolute atomic E-state index is 0.00495.